The molecule has 2 atom stereocenters. The molecule has 1 aliphatic rings. The first-order chi connectivity index (χ1) is 9.99. The van der Waals surface area contributed by atoms with Crippen molar-refractivity contribution >= 4 is 11.9 Å². The molecule has 0 aliphatic heterocycles. The predicted molar refractivity (Wildman–Crippen MR) is 81.5 cm³/mol. The number of carbonyl (C=O) groups is 2. The Hall–Kier alpha value is -1.84. The summed E-state index contributed by atoms with van der Waals surface area (Å²) in [4.78, 5) is 23.3. The molecule has 1 saturated carbocycles. The number of amides is 1. The molecule has 0 bridgehead atoms. The van der Waals surface area contributed by atoms with Crippen LogP contribution in [0.25, 0.3) is 0 Å². The van der Waals surface area contributed by atoms with E-state index >= 15 is 0 Å². The third-order valence-corrected chi connectivity index (χ3v) is 4.36. The van der Waals surface area contributed by atoms with Gasteiger partial charge < -0.3 is 10.4 Å². The minimum absolute atomic E-state index is 0.145. The van der Waals surface area contributed by atoms with E-state index in [4.69, 9.17) is 5.11 Å². The van der Waals surface area contributed by atoms with Crippen molar-refractivity contribution in [3.05, 3.63) is 35.4 Å². The Bertz CT molecular complexity index is 525. The van der Waals surface area contributed by atoms with Crippen LogP contribution < -0.4 is 5.32 Å². The average Bonchev–Trinajstić information content (AvgIpc) is 2.47. The van der Waals surface area contributed by atoms with Gasteiger partial charge in [-0.3, -0.25) is 4.79 Å². The van der Waals surface area contributed by atoms with Crippen molar-refractivity contribution in [1.82, 2.24) is 5.32 Å². The summed E-state index contributed by atoms with van der Waals surface area (Å²) in [6, 6.07) is 6.40. The summed E-state index contributed by atoms with van der Waals surface area (Å²) in [7, 11) is 0. The van der Waals surface area contributed by atoms with Crippen LogP contribution in [0.4, 0.5) is 0 Å². The molecule has 114 valence electrons. The standard InChI is InChI=1S/C17H23NO3/c1-11(2)14-8-3-4-9-15(14)18-16(19)12-6-5-7-13(10-12)17(20)21/h5-7,10-11,14-15H,3-4,8-9H2,1-2H3,(H,18,19)(H,20,21). The van der Waals surface area contributed by atoms with Gasteiger partial charge in [-0.15, -0.1) is 0 Å². The highest BCUT2D eigenvalue weighted by atomic mass is 16.4. The van der Waals surface area contributed by atoms with Gasteiger partial charge in [-0.2, -0.15) is 0 Å². The maximum atomic E-state index is 12.4. The zero-order chi connectivity index (χ0) is 15.4. The first kappa shape index (κ1) is 15.5. The zero-order valence-corrected chi connectivity index (χ0v) is 12.6. The number of carbonyl (C=O) groups excluding carboxylic acids is 1. The summed E-state index contributed by atoms with van der Waals surface area (Å²) in [6.45, 7) is 4.39. The van der Waals surface area contributed by atoms with E-state index in [1.54, 1.807) is 12.1 Å². The number of hydrogen-bond donors (Lipinski definition) is 2. The highest BCUT2D eigenvalue weighted by Gasteiger charge is 2.28. The lowest BCUT2D eigenvalue weighted by Crippen LogP contribution is -2.44. The molecule has 0 aromatic heterocycles. The summed E-state index contributed by atoms with van der Waals surface area (Å²) >= 11 is 0. The quantitative estimate of drug-likeness (QED) is 0.893. The summed E-state index contributed by atoms with van der Waals surface area (Å²) in [5, 5.41) is 12.1. The molecule has 21 heavy (non-hydrogen) atoms. The largest absolute Gasteiger partial charge is 0.478 e. The highest BCUT2D eigenvalue weighted by molar-refractivity contribution is 5.97. The molecule has 2 N–H and O–H groups in total. The Labute approximate surface area is 125 Å². The summed E-state index contributed by atoms with van der Waals surface area (Å²) in [5.41, 5.74) is 0.565. The van der Waals surface area contributed by atoms with E-state index < -0.39 is 5.97 Å². The molecule has 1 aromatic carbocycles. The second-order valence-corrected chi connectivity index (χ2v) is 6.16. The van der Waals surface area contributed by atoms with Crippen LogP contribution in [0.2, 0.25) is 0 Å². The van der Waals surface area contributed by atoms with E-state index in [1.807, 2.05) is 0 Å². The Morgan fingerprint density at radius 3 is 2.52 bits per heavy atom. The van der Waals surface area contributed by atoms with Crippen LogP contribution in [0, 0.1) is 11.8 Å². The second kappa shape index (κ2) is 6.74. The first-order valence-corrected chi connectivity index (χ1v) is 7.63. The van der Waals surface area contributed by atoms with Gasteiger partial charge in [0.15, 0.2) is 0 Å². The Morgan fingerprint density at radius 2 is 1.86 bits per heavy atom. The van der Waals surface area contributed by atoms with Crippen LogP contribution >= 0.6 is 0 Å². The van der Waals surface area contributed by atoms with Gasteiger partial charge in [-0.05, 0) is 42.9 Å². The van der Waals surface area contributed by atoms with E-state index in [0.717, 1.165) is 19.3 Å². The van der Waals surface area contributed by atoms with Gasteiger partial charge in [0, 0.05) is 11.6 Å². The van der Waals surface area contributed by atoms with Gasteiger partial charge in [-0.25, -0.2) is 4.79 Å². The van der Waals surface area contributed by atoms with Crippen LogP contribution in [0.15, 0.2) is 24.3 Å². The van der Waals surface area contributed by atoms with Gasteiger partial charge in [0.05, 0.1) is 5.56 Å². The summed E-state index contributed by atoms with van der Waals surface area (Å²) in [5.74, 6) is -0.135. The molecule has 2 rings (SSSR count). The van der Waals surface area contributed by atoms with Crippen molar-refractivity contribution in [2.45, 2.75) is 45.6 Å². The fourth-order valence-corrected chi connectivity index (χ4v) is 3.18. The number of benzene rings is 1. The number of carboxylic acid groups (broad SMARTS) is 1. The lowest BCUT2D eigenvalue weighted by Gasteiger charge is -2.34. The molecule has 1 fully saturated rings. The smallest absolute Gasteiger partial charge is 0.335 e. The van der Waals surface area contributed by atoms with Gasteiger partial charge in [0.1, 0.15) is 0 Å². The normalized spacial score (nSPS) is 22.0. The molecule has 1 aromatic rings. The van der Waals surface area contributed by atoms with Gasteiger partial charge in [-0.1, -0.05) is 32.8 Å². The third-order valence-electron chi connectivity index (χ3n) is 4.36. The van der Waals surface area contributed by atoms with E-state index in [0.29, 0.717) is 17.4 Å². The van der Waals surface area contributed by atoms with Gasteiger partial charge >= 0.3 is 5.97 Å². The summed E-state index contributed by atoms with van der Waals surface area (Å²) < 4.78 is 0. The monoisotopic (exact) mass is 289 g/mol. The maximum Gasteiger partial charge on any atom is 0.335 e. The van der Waals surface area contributed by atoms with E-state index in [2.05, 4.69) is 19.2 Å². The molecule has 0 radical (unpaired) electrons. The number of hydrogen-bond acceptors (Lipinski definition) is 2. The van der Waals surface area contributed by atoms with E-state index in [-0.39, 0.29) is 17.5 Å². The summed E-state index contributed by atoms with van der Waals surface area (Å²) in [6.07, 6.45) is 4.53. The van der Waals surface area contributed by atoms with Gasteiger partial charge in [0.2, 0.25) is 0 Å². The van der Waals surface area contributed by atoms with Crippen LogP contribution in [0.3, 0.4) is 0 Å². The fourth-order valence-electron chi connectivity index (χ4n) is 3.18. The third kappa shape index (κ3) is 3.84. The number of nitrogens with one attached hydrogen (secondary N) is 1. The lowest BCUT2D eigenvalue weighted by molar-refractivity contribution is 0.0697. The topological polar surface area (TPSA) is 66.4 Å². The van der Waals surface area contributed by atoms with Crippen molar-refractivity contribution in [1.29, 1.82) is 0 Å². The highest BCUT2D eigenvalue weighted by Crippen LogP contribution is 2.30. The number of aromatic carboxylic acids is 1. The maximum absolute atomic E-state index is 12.4. The molecule has 0 spiro atoms. The zero-order valence-electron chi connectivity index (χ0n) is 12.6. The van der Waals surface area contributed by atoms with Crippen molar-refractivity contribution in [3.8, 4) is 0 Å². The fraction of sp³-hybridized carbons (Fsp3) is 0.529. The molecule has 2 unspecified atom stereocenters. The van der Waals surface area contributed by atoms with E-state index in [1.165, 1.54) is 18.6 Å². The van der Waals surface area contributed by atoms with Crippen LogP contribution in [-0.4, -0.2) is 23.0 Å². The second-order valence-electron chi connectivity index (χ2n) is 6.16. The lowest BCUT2D eigenvalue weighted by atomic mass is 9.78. The molecule has 4 nitrogen and oxygen atoms in total. The Kier molecular flexibility index (Phi) is 4.99. The molecule has 1 amide bonds. The SMILES string of the molecule is CC(C)C1CCCCC1NC(=O)c1cccc(C(=O)O)c1. The first-order valence-electron chi connectivity index (χ1n) is 7.63. The van der Waals surface area contributed by atoms with Crippen LogP contribution in [0.1, 0.15) is 60.2 Å². The van der Waals surface area contributed by atoms with Crippen LogP contribution in [0.5, 0.6) is 0 Å². The van der Waals surface area contributed by atoms with Crippen molar-refractivity contribution in [2.75, 3.05) is 0 Å². The van der Waals surface area contributed by atoms with Crippen molar-refractivity contribution < 1.29 is 14.7 Å². The molecule has 1 aliphatic carbocycles. The average molecular weight is 289 g/mol. The van der Waals surface area contributed by atoms with E-state index in [9.17, 15) is 9.59 Å². The Morgan fingerprint density at radius 1 is 1.19 bits per heavy atom. The van der Waals surface area contributed by atoms with Crippen LogP contribution in [-0.2, 0) is 0 Å². The van der Waals surface area contributed by atoms with Gasteiger partial charge in [0.25, 0.3) is 5.91 Å². The predicted octanol–water partition coefficient (Wildman–Crippen LogP) is 3.33. The number of carboxylic acids is 1. The number of rotatable bonds is 4. The molecule has 4 heteroatoms. The minimum atomic E-state index is -1.01. The van der Waals surface area contributed by atoms with Crippen molar-refractivity contribution in [2.24, 2.45) is 11.8 Å². The Balaban J connectivity index is 2.09. The van der Waals surface area contributed by atoms with Crippen molar-refractivity contribution in [3.63, 3.8) is 0 Å². The molecular formula is C17H23NO3. The molecular weight excluding hydrogens is 266 g/mol. The minimum Gasteiger partial charge on any atom is -0.478 e. The molecule has 0 heterocycles. The molecule has 0 saturated heterocycles.